The molecule has 2 aliphatic rings. The number of β-amino-alcohol motifs (C(OH)–C–C–N with tert-alkyl or cyclic N) is 2. The zero-order chi connectivity index (χ0) is 17.5. The Morgan fingerprint density at radius 1 is 1.08 bits per heavy atom. The first-order valence-electron chi connectivity index (χ1n) is 9.84. The highest BCUT2D eigenvalue weighted by molar-refractivity contribution is 4.82. The Labute approximate surface area is 148 Å². The molecule has 24 heavy (non-hydrogen) atoms. The van der Waals surface area contributed by atoms with Crippen molar-refractivity contribution in [2.75, 3.05) is 52.5 Å². The van der Waals surface area contributed by atoms with Crippen LogP contribution in [0.5, 0.6) is 0 Å². The summed E-state index contributed by atoms with van der Waals surface area (Å²) in [6, 6.07) is 0. The van der Waals surface area contributed by atoms with Gasteiger partial charge in [-0.15, -0.1) is 0 Å². The molecule has 4 atom stereocenters. The number of ether oxygens (including phenoxy) is 1. The van der Waals surface area contributed by atoms with Gasteiger partial charge in [0.05, 0.1) is 25.4 Å². The standard InChI is InChI=1S/C19H38N2O3/c1-15(2)18-5-4-16(3)12-19(18)24-14-17(23)13-21-8-6-20(7-9-21)10-11-22/h15-19,22-23H,4-14H2,1-3H3/t16-,17-,18-,19+/m1/s1. The van der Waals surface area contributed by atoms with Crippen molar-refractivity contribution in [3.8, 4) is 0 Å². The molecule has 0 aromatic carbocycles. The SMILES string of the molecule is CC(C)[C@H]1CC[C@@H](C)C[C@@H]1OC[C@H](O)CN1CCN(CCO)CC1. The molecule has 2 fully saturated rings. The fourth-order valence-electron chi connectivity index (χ4n) is 4.23. The molecule has 0 aromatic rings. The lowest BCUT2D eigenvalue weighted by Crippen LogP contribution is -2.49. The van der Waals surface area contributed by atoms with Gasteiger partial charge in [0.15, 0.2) is 0 Å². The minimum Gasteiger partial charge on any atom is -0.395 e. The van der Waals surface area contributed by atoms with Crippen molar-refractivity contribution in [2.45, 2.75) is 52.2 Å². The van der Waals surface area contributed by atoms with Crippen LogP contribution in [0.4, 0.5) is 0 Å². The highest BCUT2D eigenvalue weighted by atomic mass is 16.5. The molecule has 0 unspecified atom stereocenters. The van der Waals surface area contributed by atoms with Crippen molar-refractivity contribution in [1.29, 1.82) is 0 Å². The summed E-state index contributed by atoms with van der Waals surface area (Å²) in [5.41, 5.74) is 0. The lowest BCUT2D eigenvalue weighted by atomic mass is 9.75. The first-order chi connectivity index (χ1) is 11.5. The molecule has 5 nitrogen and oxygen atoms in total. The number of hydrogen-bond acceptors (Lipinski definition) is 5. The number of aliphatic hydroxyl groups excluding tert-OH is 2. The largest absolute Gasteiger partial charge is 0.395 e. The minimum absolute atomic E-state index is 0.229. The number of piperazine rings is 1. The topological polar surface area (TPSA) is 56.2 Å². The van der Waals surface area contributed by atoms with Crippen LogP contribution in [0.25, 0.3) is 0 Å². The Balaban J connectivity index is 1.69. The van der Waals surface area contributed by atoms with E-state index >= 15 is 0 Å². The maximum Gasteiger partial charge on any atom is 0.0900 e. The number of nitrogens with zero attached hydrogens (tertiary/aromatic N) is 2. The second-order valence-electron chi connectivity index (χ2n) is 8.22. The van der Waals surface area contributed by atoms with Gasteiger partial charge in [0.1, 0.15) is 0 Å². The molecule has 0 amide bonds. The Morgan fingerprint density at radius 2 is 1.75 bits per heavy atom. The van der Waals surface area contributed by atoms with Crippen LogP contribution >= 0.6 is 0 Å². The van der Waals surface area contributed by atoms with E-state index < -0.39 is 6.10 Å². The summed E-state index contributed by atoms with van der Waals surface area (Å²) in [6.07, 6.45) is 3.61. The summed E-state index contributed by atoms with van der Waals surface area (Å²) in [4.78, 5) is 4.58. The maximum atomic E-state index is 10.4. The van der Waals surface area contributed by atoms with Gasteiger partial charge >= 0.3 is 0 Å². The first kappa shape index (κ1) is 20.1. The molecule has 2 N–H and O–H groups in total. The predicted octanol–water partition coefficient (Wildman–Crippen LogP) is 1.43. The minimum atomic E-state index is -0.403. The summed E-state index contributed by atoms with van der Waals surface area (Å²) in [5.74, 6) is 2.02. The van der Waals surface area contributed by atoms with Crippen molar-refractivity contribution in [1.82, 2.24) is 9.80 Å². The molecule has 0 aromatic heterocycles. The Kier molecular flexibility index (Phi) is 8.44. The van der Waals surface area contributed by atoms with E-state index in [4.69, 9.17) is 9.84 Å². The Hall–Kier alpha value is -0.200. The van der Waals surface area contributed by atoms with E-state index in [-0.39, 0.29) is 6.61 Å². The second-order valence-corrected chi connectivity index (χ2v) is 8.22. The normalized spacial score (nSPS) is 31.5. The molecule has 1 aliphatic heterocycles. The van der Waals surface area contributed by atoms with E-state index in [1.54, 1.807) is 0 Å². The third-order valence-corrected chi connectivity index (χ3v) is 5.81. The van der Waals surface area contributed by atoms with Crippen LogP contribution in [0.1, 0.15) is 40.0 Å². The van der Waals surface area contributed by atoms with E-state index in [2.05, 4.69) is 30.6 Å². The molecule has 1 saturated heterocycles. The van der Waals surface area contributed by atoms with E-state index in [9.17, 15) is 5.11 Å². The lowest BCUT2D eigenvalue weighted by Gasteiger charge is -2.38. The summed E-state index contributed by atoms with van der Waals surface area (Å²) in [6.45, 7) is 12.9. The number of rotatable bonds is 8. The van der Waals surface area contributed by atoms with Gasteiger partial charge in [0.25, 0.3) is 0 Å². The molecule has 1 aliphatic carbocycles. The Morgan fingerprint density at radius 3 is 2.38 bits per heavy atom. The van der Waals surface area contributed by atoms with Crippen molar-refractivity contribution < 1.29 is 14.9 Å². The monoisotopic (exact) mass is 342 g/mol. The first-order valence-corrected chi connectivity index (χ1v) is 9.84. The number of aliphatic hydroxyl groups is 2. The van der Waals surface area contributed by atoms with E-state index in [1.165, 1.54) is 12.8 Å². The van der Waals surface area contributed by atoms with Gasteiger partial charge in [0, 0.05) is 39.3 Å². The fourth-order valence-corrected chi connectivity index (χ4v) is 4.23. The predicted molar refractivity (Wildman–Crippen MR) is 97.1 cm³/mol. The average Bonchev–Trinajstić information content (AvgIpc) is 2.55. The van der Waals surface area contributed by atoms with Gasteiger partial charge in [-0.25, -0.2) is 0 Å². The van der Waals surface area contributed by atoms with Crippen LogP contribution in [0, 0.1) is 17.8 Å². The highest BCUT2D eigenvalue weighted by Gasteiger charge is 2.32. The molecule has 0 radical (unpaired) electrons. The van der Waals surface area contributed by atoms with Crippen LogP contribution in [0.15, 0.2) is 0 Å². The Bertz CT molecular complexity index is 346. The molecule has 5 heteroatoms. The molecular weight excluding hydrogens is 304 g/mol. The highest BCUT2D eigenvalue weighted by Crippen LogP contribution is 2.35. The van der Waals surface area contributed by atoms with Gasteiger partial charge in [-0.2, -0.15) is 0 Å². The van der Waals surface area contributed by atoms with Gasteiger partial charge in [-0.1, -0.05) is 27.2 Å². The van der Waals surface area contributed by atoms with Crippen molar-refractivity contribution in [3.63, 3.8) is 0 Å². The molecule has 1 heterocycles. The molecular formula is C19H38N2O3. The maximum absolute atomic E-state index is 10.4. The van der Waals surface area contributed by atoms with E-state index in [1.807, 2.05) is 0 Å². The van der Waals surface area contributed by atoms with Crippen LogP contribution in [0.3, 0.4) is 0 Å². The van der Waals surface area contributed by atoms with Gasteiger partial charge in [0.2, 0.25) is 0 Å². The van der Waals surface area contributed by atoms with Crippen LogP contribution < -0.4 is 0 Å². The fraction of sp³-hybridized carbons (Fsp3) is 1.00. The smallest absolute Gasteiger partial charge is 0.0900 e. The van der Waals surface area contributed by atoms with E-state index in [0.717, 1.165) is 45.1 Å². The summed E-state index contributed by atoms with van der Waals surface area (Å²) in [5, 5.41) is 19.4. The molecule has 142 valence electrons. The molecule has 0 bridgehead atoms. The number of hydrogen-bond donors (Lipinski definition) is 2. The van der Waals surface area contributed by atoms with Gasteiger partial charge in [-0.3, -0.25) is 9.80 Å². The van der Waals surface area contributed by atoms with Gasteiger partial charge in [-0.05, 0) is 30.6 Å². The van der Waals surface area contributed by atoms with Crippen LogP contribution in [-0.4, -0.2) is 84.7 Å². The molecule has 1 saturated carbocycles. The van der Waals surface area contributed by atoms with Crippen LogP contribution in [0.2, 0.25) is 0 Å². The van der Waals surface area contributed by atoms with Gasteiger partial charge < -0.3 is 14.9 Å². The lowest BCUT2D eigenvalue weighted by molar-refractivity contribution is -0.0755. The second kappa shape index (κ2) is 10.1. The van der Waals surface area contributed by atoms with Crippen molar-refractivity contribution in [3.05, 3.63) is 0 Å². The van der Waals surface area contributed by atoms with Crippen molar-refractivity contribution in [2.24, 2.45) is 17.8 Å². The third-order valence-electron chi connectivity index (χ3n) is 5.81. The summed E-state index contributed by atoms with van der Waals surface area (Å²) < 4.78 is 6.17. The zero-order valence-corrected chi connectivity index (χ0v) is 15.9. The quantitative estimate of drug-likeness (QED) is 0.699. The summed E-state index contributed by atoms with van der Waals surface area (Å²) in [7, 11) is 0. The van der Waals surface area contributed by atoms with Crippen molar-refractivity contribution >= 4 is 0 Å². The average molecular weight is 343 g/mol. The zero-order valence-electron chi connectivity index (χ0n) is 15.9. The summed E-state index contributed by atoms with van der Waals surface area (Å²) >= 11 is 0. The molecule has 2 rings (SSSR count). The van der Waals surface area contributed by atoms with Crippen LogP contribution in [-0.2, 0) is 4.74 Å². The third kappa shape index (κ3) is 6.26. The molecule has 0 spiro atoms. The van der Waals surface area contributed by atoms with E-state index in [0.29, 0.717) is 31.1 Å².